The highest BCUT2D eigenvalue weighted by Crippen LogP contribution is 2.27. The van der Waals surface area contributed by atoms with Crippen LogP contribution in [-0.4, -0.2) is 14.3 Å². The van der Waals surface area contributed by atoms with Crippen molar-refractivity contribution in [2.45, 2.75) is 4.90 Å². The minimum atomic E-state index is -4.08. The molecule has 0 atom stereocenters. The van der Waals surface area contributed by atoms with Crippen molar-refractivity contribution < 1.29 is 26.4 Å². The van der Waals surface area contributed by atoms with Crippen molar-refractivity contribution in [3.05, 3.63) is 88.7 Å². The van der Waals surface area contributed by atoms with Crippen molar-refractivity contribution in [2.24, 2.45) is 0 Å². The Labute approximate surface area is 169 Å². The van der Waals surface area contributed by atoms with E-state index in [0.29, 0.717) is 12.1 Å². The summed E-state index contributed by atoms with van der Waals surface area (Å²) in [4.78, 5) is 12.2. The Bertz CT molecular complexity index is 1190. The first kappa shape index (κ1) is 20.7. The lowest BCUT2D eigenvalue weighted by atomic mass is 10.2. The van der Waals surface area contributed by atoms with Crippen LogP contribution in [0.4, 0.5) is 24.5 Å². The Balaban J connectivity index is 1.89. The number of rotatable bonds is 5. The summed E-state index contributed by atoms with van der Waals surface area (Å²) < 4.78 is 67.0. The molecule has 1 amide bonds. The van der Waals surface area contributed by atoms with Crippen LogP contribution in [0.2, 0.25) is 5.02 Å². The quantitative estimate of drug-likeness (QED) is 0.559. The Kier molecular flexibility index (Phi) is 5.81. The van der Waals surface area contributed by atoms with Gasteiger partial charge < -0.3 is 5.32 Å². The number of carbonyl (C=O) groups excluding carboxylic acids is 1. The van der Waals surface area contributed by atoms with Crippen LogP contribution >= 0.6 is 11.6 Å². The van der Waals surface area contributed by atoms with Gasteiger partial charge in [-0.05, 0) is 48.5 Å². The second kappa shape index (κ2) is 8.14. The number of sulfonamides is 1. The summed E-state index contributed by atoms with van der Waals surface area (Å²) in [5, 5.41) is 2.08. The van der Waals surface area contributed by atoms with Crippen molar-refractivity contribution in [3.8, 4) is 0 Å². The van der Waals surface area contributed by atoms with E-state index < -0.39 is 33.4 Å². The summed E-state index contributed by atoms with van der Waals surface area (Å²) in [7, 11) is -4.08. The van der Waals surface area contributed by atoms with Crippen LogP contribution in [0.1, 0.15) is 10.4 Å². The lowest BCUT2D eigenvalue weighted by molar-refractivity contribution is 0.102. The van der Waals surface area contributed by atoms with Crippen LogP contribution in [0.5, 0.6) is 0 Å². The van der Waals surface area contributed by atoms with Gasteiger partial charge in [0.2, 0.25) is 0 Å². The predicted molar refractivity (Wildman–Crippen MR) is 103 cm³/mol. The average molecular weight is 441 g/mol. The summed E-state index contributed by atoms with van der Waals surface area (Å²) in [6.45, 7) is 0. The first-order valence-electron chi connectivity index (χ1n) is 8.01. The van der Waals surface area contributed by atoms with E-state index in [1.807, 2.05) is 0 Å². The van der Waals surface area contributed by atoms with Gasteiger partial charge in [0, 0.05) is 0 Å². The fourth-order valence-electron chi connectivity index (χ4n) is 2.38. The highest BCUT2D eigenvalue weighted by Gasteiger charge is 2.19. The fourth-order valence-corrected chi connectivity index (χ4v) is 3.70. The number of carbonyl (C=O) groups is 1. The second-order valence-electron chi connectivity index (χ2n) is 5.81. The van der Waals surface area contributed by atoms with Gasteiger partial charge in [-0.1, -0.05) is 23.7 Å². The van der Waals surface area contributed by atoms with Gasteiger partial charge in [-0.2, -0.15) is 0 Å². The van der Waals surface area contributed by atoms with Gasteiger partial charge in [-0.15, -0.1) is 0 Å². The zero-order chi connectivity index (χ0) is 21.2. The Morgan fingerprint density at radius 3 is 2.10 bits per heavy atom. The number of benzene rings is 3. The number of hydrogen-bond acceptors (Lipinski definition) is 3. The largest absolute Gasteiger partial charge is 0.320 e. The topological polar surface area (TPSA) is 75.3 Å². The van der Waals surface area contributed by atoms with Crippen LogP contribution in [0, 0.1) is 17.5 Å². The molecule has 10 heteroatoms. The Hall–Kier alpha value is -3.04. The molecule has 29 heavy (non-hydrogen) atoms. The SMILES string of the molecule is O=C(Nc1ccccc1NS(=O)(=O)c1ccc(F)cc1)c1cc(F)c(F)cc1Cl. The van der Waals surface area contributed by atoms with Crippen LogP contribution < -0.4 is 10.0 Å². The molecule has 0 unspecified atom stereocenters. The lowest BCUT2D eigenvalue weighted by Gasteiger charge is -2.14. The van der Waals surface area contributed by atoms with E-state index in [9.17, 15) is 26.4 Å². The molecule has 5 nitrogen and oxygen atoms in total. The molecule has 0 spiro atoms. The normalized spacial score (nSPS) is 11.2. The molecule has 0 aliphatic carbocycles. The third-order valence-electron chi connectivity index (χ3n) is 3.80. The Morgan fingerprint density at radius 2 is 1.45 bits per heavy atom. The van der Waals surface area contributed by atoms with Crippen molar-refractivity contribution in [2.75, 3.05) is 10.0 Å². The maximum absolute atomic E-state index is 13.4. The number of para-hydroxylation sites is 2. The molecule has 0 saturated heterocycles. The summed E-state index contributed by atoms with van der Waals surface area (Å²) in [5.41, 5.74) is -0.283. The minimum Gasteiger partial charge on any atom is -0.320 e. The van der Waals surface area contributed by atoms with Crippen LogP contribution in [0.3, 0.4) is 0 Å². The molecule has 0 radical (unpaired) electrons. The van der Waals surface area contributed by atoms with Crippen LogP contribution in [0.25, 0.3) is 0 Å². The van der Waals surface area contributed by atoms with Gasteiger partial charge in [0.1, 0.15) is 5.82 Å². The number of hydrogen-bond donors (Lipinski definition) is 2. The molecule has 3 aromatic carbocycles. The van der Waals surface area contributed by atoms with Gasteiger partial charge in [0.05, 0.1) is 26.9 Å². The Morgan fingerprint density at radius 1 is 0.862 bits per heavy atom. The highest BCUT2D eigenvalue weighted by molar-refractivity contribution is 7.92. The molecule has 0 bridgehead atoms. The maximum atomic E-state index is 13.4. The molecule has 0 fully saturated rings. The van der Waals surface area contributed by atoms with E-state index in [1.54, 1.807) is 0 Å². The molecule has 0 saturated carbocycles. The summed E-state index contributed by atoms with van der Waals surface area (Å²) in [6.07, 6.45) is 0. The molecule has 150 valence electrons. The fraction of sp³-hybridized carbons (Fsp3) is 0. The number of anilines is 2. The number of amides is 1. The monoisotopic (exact) mass is 440 g/mol. The number of halogens is 4. The third-order valence-corrected chi connectivity index (χ3v) is 5.49. The highest BCUT2D eigenvalue weighted by atomic mass is 35.5. The van der Waals surface area contributed by atoms with Crippen LogP contribution in [-0.2, 0) is 10.0 Å². The van der Waals surface area contributed by atoms with E-state index in [1.165, 1.54) is 24.3 Å². The summed E-state index contributed by atoms with van der Waals surface area (Å²) in [6, 6.07) is 11.3. The molecule has 0 heterocycles. The van der Waals surface area contributed by atoms with Gasteiger partial charge in [0.15, 0.2) is 11.6 Å². The molecule has 0 aliphatic heterocycles. The zero-order valence-electron chi connectivity index (χ0n) is 14.4. The molecule has 0 aromatic heterocycles. The van der Waals surface area contributed by atoms with Gasteiger partial charge >= 0.3 is 0 Å². The summed E-state index contributed by atoms with van der Waals surface area (Å²) >= 11 is 5.79. The van der Waals surface area contributed by atoms with E-state index in [0.717, 1.165) is 24.3 Å². The van der Waals surface area contributed by atoms with E-state index in [2.05, 4.69) is 10.0 Å². The van der Waals surface area contributed by atoms with E-state index in [4.69, 9.17) is 11.6 Å². The van der Waals surface area contributed by atoms with E-state index >= 15 is 0 Å². The average Bonchev–Trinajstić information content (AvgIpc) is 2.66. The second-order valence-corrected chi connectivity index (χ2v) is 7.89. The van der Waals surface area contributed by atoms with Crippen molar-refractivity contribution in [3.63, 3.8) is 0 Å². The number of nitrogens with one attached hydrogen (secondary N) is 2. The van der Waals surface area contributed by atoms with Gasteiger partial charge in [0.25, 0.3) is 15.9 Å². The van der Waals surface area contributed by atoms with Gasteiger partial charge in [-0.25, -0.2) is 21.6 Å². The molecule has 3 rings (SSSR count). The molecular weight excluding hydrogens is 429 g/mol. The first-order valence-corrected chi connectivity index (χ1v) is 9.87. The zero-order valence-corrected chi connectivity index (χ0v) is 16.0. The molecule has 0 aliphatic rings. The van der Waals surface area contributed by atoms with E-state index in [-0.39, 0.29) is 26.9 Å². The summed E-state index contributed by atoms with van der Waals surface area (Å²) in [5.74, 6) is -3.94. The third kappa shape index (κ3) is 4.69. The van der Waals surface area contributed by atoms with Crippen molar-refractivity contribution >= 4 is 38.9 Å². The van der Waals surface area contributed by atoms with Crippen molar-refractivity contribution in [1.82, 2.24) is 0 Å². The lowest BCUT2D eigenvalue weighted by Crippen LogP contribution is -2.17. The van der Waals surface area contributed by atoms with Crippen molar-refractivity contribution in [1.29, 1.82) is 0 Å². The standard InChI is InChI=1S/C19H12ClF3N2O3S/c20-14-10-16(23)15(22)9-13(14)19(26)24-17-3-1-2-4-18(17)25-29(27,28)12-7-5-11(21)6-8-12/h1-10,25H,(H,24,26). The predicted octanol–water partition coefficient (Wildman–Crippen LogP) is 4.81. The molecule has 3 aromatic rings. The molecular formula is C19H12ClF3N2O3S. The smallest absolute Gasteiger partial charge is 0.261 e. The minimum absolute atomic E-state index is 0.00359. The first-order chi connectivity index (χ1) is 13.7. The van der Waals surface area contributed by atoms with Crippen LogP contribution in [0.15, 0.2) is 65.6 Å². The maximum Gasteiger partial charge on any atom is 0.261 e. The molecule has 2 N–H and O–H groups in total. The van der Waals surface area contributed by atoms with Gasteiger partial charge in [-0.3, -0.25) is 9.52 Å².